The summed E-state index contributed by atoms with van der Waals surface area (Å²) in [5.74, 6) is 2.50. The predicted octanol–water partition coefficient (Wildman–Crippen LogP) is 2.46. The molecule has 0 unspecified atom stereocenters. The minimum absolute atomic E-state index is 0.165. The molecule has 0 bridgehead atoms. The van der Waals surface area contributed by atoms with E-state index < -0.39 is 0 Å². The van der Waals surface area contributed by atoms with E-state index in [4.69, 9.17) is 0 Å². The molecule has 2 atom stereocenters. The number of benzene rings is 1. The number of thioether (sulfide) groups is 1. The number of aliphatic hydroxyl groups excluding tert-OH is 1. The van der Waals surface area contributed by atoms with Crippen LogP contribution in [0.25, 0.3) is 0 Å². The lowest BCUT2D eigenvalue weighted by atomic mass is 10.0. The number of hydrogen-bond acceptors (Lipinski definition) is 3. The molecule has 0 aromatic heterocycles. The third-order valence-corrected chi connectivity index (χ3v) is 4.63. The van der Waals surface area contributed by atoms with Crippen molar-refractivity contribution in [3.8, 4) is 0 Å². The molecule has 18 heavy (non-hydrogen) atoms. The molecule has 0 radical (unpaired) electrons. The van der Waals surface area contributed by atoms with Gasteiger partial charge in [-0.1, -0.05) is 30.3 Å². The molecule has 100 valence electrons. The summed E-state index contributed by atoms with van der Waals surface area (Å²) in [6.45, 7) is 2.09. The zero-order valence-corrected chi connectivity index (χ0v) is 11.8. The van der Waals surface area contributed by atoms with Crippen LogP contribution in [-0.2, 0) is 6.42 Å². The van der Waals surface area contributed by atoms with Gasteiger partial charge >= 0.3 is 0 Å². The summed E-state index contributed by atoms with van der Waals surface area (Å²) in [4.78, 5) is 0. The number of rotatable bonds is 5. The second-order valence-electron chi connectivity index (χ2n) is 5.10. The van der Waals surface area contributed by atoms with Crippen LogP contribution in [0.15, 0.2) is 30.3 Å². The molecule has 0 aliphatic carbocycles. The lowest BCUT2D eigenvalue weighted by Gasteiger charge is -2.29. The number of aliphatic hydroxyl groups is 1. The van der Waals surface area contributed by atoms with Gasteiger partial charge in [-0.2, -0.15) is 11.8 Å². The molecule has 1 aliphatic heterocycles. The van der Waals surface area contributed by atoms with Crippen molar-refractivity contribution in [2.75, 3.05) is 11.5 Å². The minimum Gasteiger partial charge on any atom is -0.391 e. The third-order valence-electron chi connectivity index (χ3n) is 3.58. The van der Waals surface area contributed by atoms with Crippen LogP contribution < -0.4 is 5.32 Å². The Kier molecular flexibility index (Phi) is 5.54. The van der Waals surface area contributed by atoms with Gasteiger partial charge in [0, 0.05) is 12.1 Å². The predicted molar refractivity (Wildman–Crippen MR) is 79.1 cm³/mol. The second kappa shape index (κ2) is 7.17. The molecule has 0 spiro atoms. The Morgan fingerprint density at radius 3 is 2.61 bits per heavy atom. The van der Waals surface area contributed by atoms with Crippen molar-refractivity contribution < 1.29 is 5.11 Å². The van der Waals surface area contributed by atoms with E-state index in [9.17, 15) is 5.11 Å². The maximum atomic E-state index is 10.2. The molecule has 1 saturated heterocycles. The molecule has 1 fully saturated rings. The van der Waals surface area contributed by atoms with Gasteiger partial charge in [0.05, 0.1) is 6.10 Å². The van der Waals surface area contributed by atoms with E-state index in [1.165, 1.54) is 29.9 Å². The van der Waals surface area contributed by atoms with E-state index in [-0.39, 0.29) is 12.1 Å². The summed E-state index contributed by atoms with van der Waals surface area (Å²) < 4.78 is 0. The number of hydrogen-bond donors (Lipinski definition) is 2. The van der Waals surface area contributed by atoms with Crippen LogP contribution in [0.4, 0.5) is 0 Å². The number of nitrogens with one attached hydrogen (secondary N) is 1. The van der Waals surface area contributed by atoms with E-state index in [1.807, 2.05) is 30.0 Å². The maximum Gasteiger partial charge on any atom is 0.0730 e. The average molecular weight is 265 g/mol. The summed E-state index contributed by atoms with van der Waals surface area (Å²) in [6.07, 6.45) is 2.89. The average Bonchev–Trinajstić information content (AvgIpc) is 2.41. The van der Waals surface area contributed by atoms with Gasteiger partial charge in [-0.15, -0.1) is 0 Å². The summed E-state index contributed by atoms with van der Waals surface area (Å²) in [7, 11) is 0. The van der Waals surface area contributed by atoms with Gasteiger partial charge < -0.3 is 10.4 Å². The van der Waals surface area contributed by atoms with Crippen LogP contribution in [0, 0.1) is 0 Å². The van der Waals surface area contributed by atoms with Gasteiger partial charge in [0.2, 0.25) is 0 Å². The Balaban J connectivity index is 1.79. The Morgan fingerprint density at radius 1 is 1.28 bits per heavy atom. The van der Waals surface area contributed by atoms with Crippen LogP contribution in [0.3, 0.4) is 0 Å². The van der Waals surface area contributed by atoms with Crippen LogP contribution in [0.1, 0.15) is 25.3 Å². The summed E-state index contributed by atoms with van der Waals surface area (Å²) in [6, 6.07) is 11.0. The molecule has 2 N–H and O–H groups in total. The molecule has 1 aliphatic rings. The molecule has 0 saturated carbocycles. The third kappa shape index (κ3) is 4.30. The van der Waals surface area contributed by atoms with Gasteiger partial charge in [-0.25, -0.2) is 0 Å². The molecule has 3 heteroatoms. The van der Waals surface area contributed by atoms with Crippen molar-refractivity contribution in [2.24, 2.45) is 0 Å². The molecule has 1 aromatic carbocycles. The van der Waals surface area contributed by atoms with E-state index in [0.717, 1.165) is 6.42 Å². The highest BCUT2D eigenvalue weighted by molar-refractivity contribution is 7.99. The van der Waals surface area contributed by atoms with Crippen LogP contribution in [0.2, 0.25) is 0 Å². The molecular weight excluding hydrogens is 242 g/mol. The molecule has 2 rings (SSSR count). The Morgan fingerprint density at radius 2 is 1.94 bits per heavy atom. The minimum atomic E-state index is -0.304. The molecule has 2 nitrogen and oxygen atoms in total. The fourth-order valence-electron chi connectivity index (χ4n) is 2.38. The van der Waals surface area contributed by atoms with Crippen molar-refractivity contribution in [2.45, 2.75) is 44.4 Å². The lowest BCUT2D eigenvalue weighted by Crippen LogP contribution is -2.45. The highest BCUT2D eigenvalue weighted by atomic mass is 32.2. The van der Waals surface area contributed by atoms with E-state index in [0.29, 0.717) is 6.04 Å². The Hall–Kier alpha value is -0.510. The van der Waals surface area contributed by atoms with Crippen molar-refractivity contribution in [1.29, 1.82) is 0 Å². The van der Waals surface area contributed by atoms with Gasteiger partial charge in [0.25, 0.3) is 0 Å². The van der Waals surface area contributed by atoms with Crippen molar-refractivity contribution in [3.63, 3.8) is 0 Å². The highest BCUT2D eigenvalue weighted by Gasteiger charge is 2.20. The zero-order valence-electron chi connectivity index (χ0n) is 11.0. The first-order chi connectivity index (χ1) is 8.75. The summed E-state index contributed by atoms with van der Waals surface area (Å²) >= 11 is 2.03. The SMILES string of the molecule is C[C@@H](NC1CCSCC1)[C@@H](O)Cc1ccccc1. The van der Waals surface area contributed by atoms with Gasteiger partial charge in [0.15, 0.2) is 0 Å². The topological polar surface area (TPSA) is 32.3 Å². The summed E-state index contributed by atoms with van der Waals surface area (Å²) in [5.41, 5.74) is 1.21. The Labute approximate surface area is 114 Å². The van der Waals surface area contributed by atoms with E-state index in [2.05, 4.69) is 24.4 Å². The van der Waals surface area contributed by atoms with Crippen molar-refractivity contribution in [1.82, 2.24) is 5.32 Å². The smallest absolute Gasteiger partial charge is 0.0730 e. The van der Waals surface area contributed by atoms with Crippen LogP contribution in [-0.4, -0.2) is 34.8 Å². The lowest BCUT2D eigenvalue weighted by molar-refractivity contribution is 0.127. The molecule has 1 aromatic rings. The second-order valence-corrected chi connectivity index (χ2v) is 6.32. The van der Waals surface area contributed by atoms with Crippen molar-refractivity contribution >= 4 is 11.8 Å². The van der Waals surface area contributed by atoms with Gasteiger partial charge in [-0.3, -0.25) is 0 Å². The fourth-order valence-corrected chi connectivity index (χ4v) is 3.49. The quantitative estimate of drug-likeness (QED) is 0.858. The Bertz CT molecular complexity index is 338. The molecular formula is C15H23NOS. The first-order valence-corrected chi connectivity index (χ1v) is 7.97. The largest absolute Gasteiger partial charge is 0.391 e. The monoisotopic (exact) mass is 265 g/mol. The summed E-state index contributed by atoms with van der Waals surface area (Å²) in [5, 5.41) is 13.8. The first kappa shape index (κ1) is 13.9. The zero-order chi connectivity index (χ0) is 12.8. The normalized spacial score (nSPS) is 20.6. The standard InChI is InChI=1S/C15H23NOS/c1-12(16-14-7-9-18-10-8-14)15(17)11-13-5-3-2-4-6-13/h2-6,12,14-17H,7-11H2,1H3/t12-,15+/m1/s1. The van der Waals surface area contributed by atoms with Crippen LogP contribution in [0.5, 0.6) is 0 Å². The molecule has 1 heterocycles. The van der Waals surface area contributed by atoms with Crippen molar-refractivity contribution in [3.05, 3.63) is 35.9 Å². The first-order valence-electron chi connectivity index (χ1n) is 6.81. The van der Waals surface area contributed by atoms with Gasteiger partial charge in [0.1, 0.15) is 0 Å². The fraction of sp³-hybridized carbons (Fsp3) is 0.600. The highest BCUT2D eigenvalue weighted by Crippen LogP contribution is 2.18. The van der Waals surface area contributed by atoms with Crippen LogP contribution >= 0.6 is 11.8 Å². The molecule has 0 amide bonds. The maximum absolute atomic E-state index is 10.2. The van der Waals surface area contributed by atoms with E-state index in [1.54, 1.807) is 0 Å². The van der Waals surface area contributed by atoms with E-state index >= 15 is 0 Å². The van der Waals surface area contributed by atoms with Gasteiger partial charge in [-0.05, 0) is 43.3 Å².